The topological polar surface area (TPSA) is 115 Å². The maximum atomic E-state index is 12.4. The van der Waals surface area contributed by atoms with E-state index in [0.29, 0.717) is 52.8 Å². The summed E-state index contributed by atoms with van der Waals surface area (Å²) in [5, 5.41) is 8.53. The third-order valence-corrected chi connectivity index (χ3v) is 6.50. The fourth-order valence-corrected chi connectivity index (χ4v) is 4.36. The van der Waals surface area contributed by atoms with Gasteiger partial charge in [0, 0.05) is 47.7 Å². The minimum Gasteiger partial charge on any atom is -0.378 e. The average Bonchev–Trinajstić information content (AvgIpc) is 3.45. The van der Waals surface area contributed by atoms with Gasteiger partial charge in [0.05, 0.1) is 25.1 Å². The van der Waals surface area contributed by atoms with E-state index in [1.807, 2.05) is 25.3 Å². The molecule has 1 aliphatic heterocycles. The summed E-state index contributed by atoms with van der Waals surface area (Å²) in [4.78, 5) is 39.7. The molecule has 34 heavy (non-hydrogen) atoms. The normalized spacial score (nSPS) is 20.4. The smallest absolute Gasteiger partial charge is 0.228 e. The number of anilines is 2. The molecule has 0 radical (unpaired) electrons. The van der Waals surface area contributed by atoms with Crippen LogP contribution >= 0.6 is 0 Å². The van der Waals surface area contributed by atoms with Gasteiger partial charge in [0.2, 0.25) is 5.91 Å². The first-order chi connectivity index (χ1) is 17.0. The van der Waals surface area contributed by atoms with E-state index in [1.54, 1.807) is 10.6 Å². The Balaban J connectivity index is 1.42. The molecule has 1 N–H and O–H groups in total. The van der Waals surface area contributed by atoms with Crippen molar-refractivity contribution < 1.29 is 15.7 Å². The fourth-order valence-electron chi connectivity index (χ4n) is 4.36. The molecule has 10 nitrogen and oxygen atoms in total. The number of carbonyl (C=O) groups excluding carboxylic acids is 2. The molecule has 2 fully saturated rings. The minimum atomic E-state index is -0.912. The Hall–Kier alpha value is -3.92. The van der Waals surface area contributed by atoms with Crippen LogP contribution < -0.4 is 10.2 Å². The van der Waals surface area contributed by atoms with Gasteiger partial charge < -0.3 is 15.0 Å². The summed E-state index contributed by atoms with van der Waals surface area (Å²) in [5.41, 5.74) is 2.26. The third-order valence-electron chi connectivity index (χ3n) is 6.50. The van der Waals surface area contributed by atoms with Crippen LogP contribution in [0.2, 0.25) is 0 Å². The zero-order valence-corrected chi connectivity index (χ0v) is 18.6. The van der Waals surface area contributed by atoms with E-state index >= 15 is 0 Å². The second kappa shape index (κ2) is 8.14. The van der Waals surface area contributed by atoms with Gasteiger partial charge in [-0.25, -0.2) is 14.5 Å². The Morgan fingerprint density at radius 3 is 2.82 bits per heavy atom. The molecular formula is C24H23N7O3. The molecule has 0 spiro atoms. The SMILES string of the molecule is [2H]C(=O)c1ncc(-c2nc3ccc(N4CCOCC4)cn3n2)c2cc(NC(=O)[C@H]3C[C@H]3C)ncc12. The molecule has 0 unspecified atom stereocenters. The van der Waals surface area contributed by atoms with E-state index in [4.69, 9.17) is 6.11 Å². The van der Waals surface area contributed by atoms with Gasteiger partial charge in [0.15, 0.2) is 17.7 Å². The predicted octanol–water partition coefficient (Wildman–Crippen LogP) is 2.58. The molecule has 5 heterocycles. The van der Waals surface area contributed by atoms with Gasteiger partial charge in [0.25, 0.3) is 0 Å². The van der Waals surface area contributed by atoms with Gasteiger partial charge in [-0.2, -0.15) is 0 Å². The third kappa shape index (κ3) is 3.65. The van der Waals surface area contributed by atoms with Crippen LogP contribution in [-0.4, -0.2) is 63.0 Å². The summed E-state index contributed by atoms with van der Waals surface area (Å²) in [7, 11) is 0. The zero-order chi connectivity index (χ0) is 24.1. The Morgan fingerprint density at radius 1 is 1.24 bits per heavy atom. The standard InChI is InChI=1S/C24H23N7O3/c1-14-8-16(14)24(33)27-21-9-17-18(10-26-21)20(13-32)25-11-19(17)23-28-22-3-2-15(12-31(22)29-23)30-4-6-34-7-5-30/h2-3,9-14,16H,4-8H2,1H3,(H,26,27,33)/t14-,16+/m1/s1/i13D. The molecule has 1 saturated carbocycles. The quantitative estimate of drug-likeness (QED) is 0.454. The first kappa shape index (κ1) is 19.5. The van der Waals surface area contributed by atoms with Crippen molar-refractivity contribution in [2.24, 2.45) is 11.8 Å². The number of ether oxygens (including phenoxy) is 1. The zero-order valence-electron chi connectivity index (χ0n) is 19.6. The molecule has 172 valence electrons. The van der Waals surface area contributed by atoms with E-state index in [-0.39, 0.29) is 17.5 Å². The fraction of sp³-hybridized carbons (Fsp3) is 0.333. The van der Waals surface area contributed by atoms with Crippen LogP contribution in [0.25, 0.3) is 27.8 Å². The molecule has 0 aromatic carbocycles. The second-order valence-corrected chi connectivity index (χ2v) is 8.77. The van der Waals surface area contributed by atoms with Crippen molar-refractivity contribution in [3.8, 4) is 11.4 Å². The molecule has 1 aliphatic carbocycles. The van der Waals surface area contributed by atoms with Gasteiger partial charge in [-0.3, -0.25) is 14.6 Å². The Kier molecular flexibility index (Phi) is 4.68. The van der Waals surface area contributed by atoms with E-state index in [9.17, 15) is 9.59 Å². The average molecular weight is 459 g/mol. The summed E-state index contributed by atoms with van der Waals surface area (Å²) < 4.78 is 14.7. The van der Waals surface area contributed by atoms with Gasteiger partial charge in [-0.15, -0.1) is 5.10 Å². The second-order valence-electron chi connectivity index (χ2n) is 8.77. The van der Waals surface area contributed by atoms with Crippen molar-refractivity contribution >= 4 is 40.1 Å². The van der Waals surface area contributed by atoms with E-state index in [2.05, 4.69) is 30.3 Å². The maximum absolute atomic E-state index is 12.4. The minimum absolute atomic E-state index is 0.00411. The van der Waals surface area contributed by atoms with Gasteiger partial charge >= 0.3 is 0 Å². The van der Waals surface area contributed by atoms with Crippen LogP contribution in [-0.2, 0) is 9.53 Å². The number of fused-ring (bicyclic) bond motifs is 2. The predicted molar refractivity (Wildman–Crippen MR) is 126 cm³/mol. The maximum Gasteiger partial charge on any atom is 0.228 e. The monoisotopic (exact) mass is 458 g/mol. The van der Waals surface area contributed by atoms with Crippen LogP contribution in [0.1, 0.15) is 25.2 Å². The summed E-state index contributed by atoms with van der Waals surface area (Å²) in [6, 6.07) is 5.60. The van der Waals surface area contributed by atoms with Gasteiger partial charge in [0.1, 0.15) is 12.9 Å². The lowest BCUT2D eigenvalue weighted by Crippen LogP contribution is -2.36. The number of nitrogens with one attached hydrogen (secondary N) is 1. The summed E-state index contributed by atoms with van der Waals surface area (Å²) >= 11 is 0. The van der Waals surface area contributed by atoms with Gasteiger partial charge in [-0.1, -0.05) is 6.92 Å². The van der Waals surface area contributed by atoms with Crippen molar-refractivity contribution in [2.45, 2.75) is 13.3 Å². The number of hydrogen-bond acceptors (Lipinski definition) is 8. The number of rotatable bonds is 5. The van der Waals surface area contributed by atoms with Crippen LogP contribution in [0.15, 0.2) is 36.8 Å². The van der Waals surface area contributed by atoms with Crippen LogP contribution in [0.4, 0.5) is 11.5 Å². The van der Waals surface area contributed by atoms with Crippen LogP contribution in [0.5, 0.6) is 0 Å². The lowest BCUT2D eigenvalue weighted by molar-refractivity contribution is -0.117. The highest BCUT2D eigenvalue weighted by Crippen LogP contribution is 2.38. The van der Waals surface area contributed by atoms with Crippen molar-refractivity contribution in [3.05, 3.63) is 42.5 Å². The Bertz CT molecular complexity index is 1480. The number of morpholine rings is 1. The molecule has 1 amide bonds. The summed E-state index contributed by atoms with van der Waals surface area (Å²) in [5.74, 6) is 1.08. The number of amides is 1. The largest absolute Gasteiger partial charge is 0.378 e. The highest BCUT2D eigenvalue weighted by molar-refractivity contribution is 6.04. The number of nitrogens with zero attached hydrogens (tertiary/aromatic N) is 6. The van der Waals surface area contributed by atoms with Gasteiger partial charge in [-0.05, 0) is 30.5 Å². The molecule has 4 aromatic heterocycles. The lowest BCUT2D eigenvalue weighted by Gasteiger charge is -2.28. The van der Waals surface area contributed by atoms with Crippen molar-refractivity contribution in [2.75, 3.05) is 36.5 Å². The number of aromatic nitrogens is 5. The lowest BCUT2D eigenvalue weighted by atomic mass is 10.1. The highest BCUT2D eigenvalue weighted by Gasteiger charge is 2.39. The number of pyridine rings is 3. The summed E-state index contributed by atoms with van der Waals surface area (Å²) in [6.45, 7) is 5.03. The van der Waals surface area contributed by atoms with E-state index in [0.717, 1.165) is 25.2 Å². The molecule has 1 saturated heterocycles. The molecule has 2 aliphatic rings. The van der Waals surface area contributed by atoms with Crippen LogP contribution in [0.3, 0.4) is 0 Å². The number of carbonyl (C=O) groups is 2. The Labute approximate surface area is 196 Å². The molecule has 10 heteroatoms. The molecular weight excluding hydrogens is 434 g/mol. The Morgan fingerprint density at radius 2 is 2.06 bits per heavy atom. The number of aldehydes is 1. The number of hydrogen-bond donors (Lipinski definition) is 1. The molecule has 6 rings (SSSR count). The first-order valence-electron chi connectivity index (χ1n) is 11.8. The highest BCUT2D eigenvalue weighted by atomic mass is 16.5. The van der Waals surface area contributed by atoms with Crippen LogP contribution in [0, 0.1) is 11.8 Å². The first-order valence-corrected chi connectivity index (χ1v) is 11.3. The molecule has 0 bridgehead atoms. The van der Waals surface area contributed by atoms with Crippen molar-refractivity contribution in [3.63, 3.8) is 0 Å². The molecule has 2 atom stereocenters. The molecule has 4 aromatic rings. The summed E-state index contributed by atoms with van der Waals surface area (Å²) in [6.07, 6.45) is 4.84. The van der Waals surface area contributed by atoms with E-state index < -0.39 is 6.26 Å². The van der Waals surface area contributed by atoms with E-state index in [1.165, 1.54) is 12.4 Å². The van der Waals surface area contributed by atoms with Crippen molar-refractivity contribution in [1.29, 1.82) is 0 Å². The van der Waals surface area contributed by atoms with Crippen molar-refractivity contribution in [1.82, 2.24) is 24.6 Å².